The quantitative estimate of drug-likeness (QED) is 0.467. The first-order valence-electron chi connectivity index (χ1n) is 4.69. The van der Waals surface area contributed by atoms with E-state index in [2.05, 4.69) is 13.8 Å². The van der Waals surface area contributed by atoms with Gasteiger partial charge in [-0.1, -0.05) is 34.1 Å². The van der Waals surface area contributed by atoms with E-state index in [-0.39, 0.29) is 41.5 Å². The Morgan fingerprint density at radius 2 is 0.857 bits per heavy atom. The van der Waals surface area contributed by atoms with Crippen LogP contribution in [-0.4, -0.2) is 19.8 Å². The third-order valence-corrected chi connectivity index (χ3v) is 0.354. The topological polar surface area (TPSA) is 69.2 Å². The molecule has 0 spiro atoms. The molecule has 0 heterocycles. The standard InChI is InChI=1S/C4H9.3C2H5O.Ti/c1-3-4-2;3*1-2-3;/h1,3-4H2,2H3;3*2H2,1H3;/q4*-1;+4. The maximum atomic E-state index is 8.93. The first-order chi connectivity index (χ1) is 6.16. The maximum Gasteiger partial charge on any atom is 4.00 e. The second-order valence-electron chi connectivity index (χ2n) is 1.72. The van der Waals surface area contributed by atoms with Gasteiger partial charge in [0.15, 0.2) is 0 Å². The molecule has 0 aromatic carbocycles. The molecule has 0 aromatic rings. The van der Waals surface area contributed by atoms with Crippen LogP contribution in [0.4, 0.5) is 0 Å². The van der Waals surface area contributed by atoms with Gasteiger partial charge in [-0.25, -0.2) is 0 Å². The molecule has 0 unspecified atom stereocenters. The molecule has 0 atom stereocenters. The van der Waals surface area contributed by atoms with Crippen molar-refractivity contribution in [2.75, 3.05) is 19.8 Å². The average Bonchev–Trinajstić information content (AvgIpc) is 2.08. The molecule has 0 aliphatic carbocycles. The van der Waals surface area contributed by atoms with Crippen LogP contribution < -0.4 is 15.3 Å². The Hall–Kier alpha value is 0.594. The van der Waals surface area contributed by atoms with Gasteiger partial charge >= 0.3 is 21.7 Å². The molecule has 0 saturated heterocycles. The molecule has 0 aliphatic rings. The summed E-state index contributed by atoms with van der Waals surface area (Å²) in [5, 5.41) is 26.8. The van der Waals surface area contributed by atoms with E-state index < -0.39 is 0 Å². The fraction of sp³-hybridized carbons (Fsp3) is 0.900. The van der Waals surface area contributed by atoms with Crippen molar-refractivity contribution in [3.63, 3.8) is 0 Å². The van der Waals surface area contributed by atoms with Crippen LogP contribution in [0.25, 0.3) is 0 Å². The van der Waals surface area contributed by atoms with E-state index in [0.29, 0.717) is 0 Å². The zero-order chi connectivity index (χ0) is 11.5. The van der Waals surface area contributed by atoms with Crippen molar-refractivity contribution < 1.29 is 37.0 Å². The Morgan fingerprint density at radius 1 is 0.786 bits per heavy atom. The van der Waals surface area contributed by atoms with Crippen LogP contribution in [0.3, 0.4) is 0 Å². The molecule has 0 fully saturated rings. The molecule has 0 N–H and O–H groups in total. The van der Waals surface area contributed by atoms with Crippen LogP contribution in [0.5, 0.6) is 0 Å². The summed E-state index contributed by atoms with van der Waals surface area (Å²) in [6, 6.07) is 0. The first-order valence-corrected chi connectivity index (χ1v) is 4.69. The second-order valence-corrected chi connectivity index (χ2v) is 1.72. The average molecular weight is 240 g/mol. The van der Waals surface area contributed by atoms with Crippen LogP contribution in [0.2, 0.25) is 0 Å². The molecular formula is C10H24O3Ti. The zero-order valence-corrected chi connectivity index (χ0v) is 11.5. The van der Waals surface area contributed by atoms with Gasteiger partial charge in [-0.05, 0) is 0 Å². The summed E-state index contributed by atoms with van der Waals surface area (Å²) < 4.78 is 0. The Bertz CT molecular complexity index is 31.8. The number of rotatable bonds is 1. The minimum absolute atomic E-state index is 0. The maximum absolute atomic E-state index is 8.93. The molecule has 86 valence electrons. The molecule has 0 amide bonds. The molecule has 0 saturated carbocycles. The molecule has 4 heteroatoms. The summed E-state index contributed by atoms with van der Waals surface area (Å²) in [6.07, 6.45) is 2.28. The van der Waals surface area contributed by atoms with E-state index in [0.717, 1.165) is 6.42 Å². The smallest absolute Gasteiger partial charge is 0.855 e. The van der Waals surface area contributed by atoms with Gasteiger partial charge in [0.25, 0.3) is 0 Å². The van der Waals surface area contributed by atoms with Crippen molar-refractivity contribution in [1.82, 2.24) is 0 Å². The van der Waals surface area contributed by atoms with Gasteiger partial charge in [-0.2, -0.15) is 6.42 Å². The Labute approximate surface area is 104 Å². The number of unbranched alkanes of at least 4 members (excludes halogenated alkanes) is 1. The normalized spacial score (nSPS) is 6.00. The summed E-state index contributed by atoms with van der Waals surface area (Å²) in [5.41, 5.74) is 0. The largest absolute Gasteiger partial charge is 4.00 e. The predicted molar refractivity (Wildman–Crippen MR) is 51.9 cm³/mol. The van der Waals surface area contributed by atoms with E-state index in [4.69, 9.17) is 15.3 Å². The van der Waals surface area contributed by atoms with E-state index in [1.165, 1.54) is 6.42 Å². The summed E-state index contributed by atoms with van der Waals surface area (Å²) in [6.45, 7) is 10.4. The first kappa shape index (κ1) is 29.3. The fourth-order valence-electron chi connectivity index (χ4n) is 0. The molecule has 3 nitrogen and oxygen atoms in total. The SMILES string of the molecule is CC[O-].CC[O-].CC[O-].[CH2-]CCC.[Ti+4]. The van der Waals surface area contributed by atoms with Gasteiger partial charge in [0.1, 0.15) is 0 Å². The van der Waals surface area contributed by atoms with Crippen molar-refractivity contribution in [1.29, 1.82) is 0 Å². The van der Waals surface area contributed by atoms with Crippen LogP contribution in [-0.2, 0) is 21.7 Å². The minimum atomic E-state index is 0. The zero-order valence-electron chi connectivity index (χ0n) is 9.97. The van der Waals surface area contributed by atoms with Gasteiger partial charge < -0.3 is 22.2 Å². The van der Waals surface area contributed by atoms with Gasteiger partial charge in [0.2, 0.25) is 0 Å². The van der Waals surface area contributed by atoms with Crippen LogP contribution in [0.1, 0.15) is 40.5 Å². The molecule has 0 aliphatic heterocycles. The summed E-state index contributed by atoms with van der Waals surface area (Å²) >= 11 is 0. The van der Waals surface area contributed by atoms with E-state index >= 15 is 0 Å². The molecule has 0 bridgehead atoms. The van der Waals surface area contributed by atoms with Crippen LogP contribution in [0, 0.1) is 6.92 Å². The minimum Gasteiger partial charge on any atom is -0.855 e. The van der Waals surface area contributed by atoms with Gasteiger partial charge in [-0.15, -0.1) is 19.8 Å². The van der Waals surface area contributed by atoms with Crippen molar-refractivity contribution in [2.45, 2.75) is 40.5 Å². The third-order valence-electron chi connectivity index (χ3n) is 0.354. The summed E-state index contributed by atoms with van der Waals surface area (Å²) in [5.74, 6) is 0. The van der Waals surface area contributed by atoms with Crippen LogP contribution in [0.15, 0.2) is 0 Å². The third kappa shape index (κ3) is 666. The van der Waals surface area contributed by atoms with Gasteiger partial charge in [0, 0.05) is 0 Å². The van der Waals surface area contributed by atoms with Gasteiger partial charge in [-0.3, -0.25) is 0 Å². The van der Waals surface area contributed by atoms with E-state index in [9.17, 15) is 0 Å². The summed E-state index contributed by atoms with van der Waals surface area (Å²) in [4.78, 5) is 0. The van der Waals surface area contributed by atoms with Crippen molar-refractivity contribution in [3.05, 3.63) is 6.92 Å². The van der Waals surface area contributed by atoms with E-state index in [1.807, 2.05) is 0 Å². The molecular weight excluding hydrogens is 216 g/mol. The van der Waals surface area contributed by atoms with E-state index in [1.54, 1.807) is 20.8 Å². The second kappa shape index (κ2) is 68.9. The van der Waals surface area contributed by atoms with Gasteiger partial charge in [0.05, 0.1) is 0 Å². The number of hydrogen-bond acceptors (Lipinski definition) is 3. The van der Waals surface area contributed by atoms with Crippen molar-refractivity contribution in [3.8, 4) is 0 Å². The van der Waals surface area contributed by atoms with Crippen LogP contribution >= 0.6 is 0 Å². The van der Waals surface area contributed by atoms with Crippen molar-refractivity contribution >= 4 is 0 Å². The summed E-state index contributed by atoms with van der Waals surface area (Å²) in [7, 11) is 0. The molecule has 0 radical (unpaired) electrons. The molecule has 0 aromatic heterocycles. The Balaban J connectivity index is -0.0000000254. The molecule has 14 heavy (non-hydrogen) atoms. The molecule has 0 rings (SSSR count). The Morgan fingerprint density at radius 3 is 0.857 bits per heavy atom. The number of hydrogen-bond donors (Lipinski definition) is 0. The predicted octanol–water partition coefficient (Wildman–Crippen LogP) is -0.282. The fourth-order valence-corrected chi connectivity index (χ4v) is 0. The monoisotopic (exact) mass is 240 g/mol. The van der Waals surface area contributed by atoms with Crippen molar-refractivity contribution in [2.24, 2.45) is 0 Å². The Kier molecular flexibility index (Phi) is 144.